The maximum absolute atomic E-state index is 14.0. The normalized spacial score (nSPS) is 53.7. The Morgan fingerprint density at radius 3 is 2.17 bits per heavy atom. The molecule has 13 heteroatoms. The van der Waals surface area contributed by atoms with Gasteiger partial charge in [-0.05, 0) is 86.5 Å². The van der Waals surface area contributed by atoms with Crippen LogP contribution in [0.15, 0.2) is 12.2 Å². The van der Waals surface area contributed by atoms with Crippen LogP contribution in [0.1, 0.15) is 71.6 Å². The first-order valence-corrected chi connectivity index (χ1v) is 16.7. The molecule has 2 saturated heterocycles. The van der Waals surface area contributed by atoms with Crippen LogP contribution in [0, 0.1) is 28.1 Å². The second-order valence-corrected chi connectivity index (χ2v) is 15.4. The molecule has 4 saturated carbocycles. The molecule has 262 valence electrons. The molecule has 1 spiro atoms. The monoisotopic (exact) mass is 656 g/mol. The number of carbonyl (C=O) groups is 1. The van der Waals surface area contributed by atoms with E-state index in [1.807, 2.05) is 6.92 Å². The van der Waals surface area contributed by atoms with Crippen LogP contribution in [0.5, 0.6) is 0 Å². The van der Waals surface area contributed by atoms with Gasteiger partial charge in [-0.25, -0.2) is 0 Å². The molecule has 0 aromatic carbocycles. The number of hydrogen-bond donors (Lipinski definition) is 7. The van der Waals surface area contributed by atoms with Crippen molar-refractivity contribution in [3.63, 3.8) is 0 Å². The van der Waals surface area contributed by atoms with Gasteiger partial charge in [0.25, 0.3) is 0 Å². The van der Waals surface area contributed by atoms with Crippen molar-refractivity contribution in [3.8, 4) is 0 Å². The number of methoxy groups -OCH3 is 1. The minimum absolute atomic E-state index is 0.0179. The van der Waals surface area contributed by atoms with Gasteiger partial charge in [0.1, 0.15) is 48.8 Å². The molecule has 0 aromatic rings. The fraction of sp³-hybridized carbons (Fsp3) is 0.909. The number of rotatable bonds is 7. The lowest BCUT2D eigenvalue weighted by atomic mass is 9.41. The van der Waals surface area contributed by atoms with Crippen molar-refractivity contribution >= 4 is 5.97 Å². The van der Waals surface area contributed by atoms with Crippen LogP contribution in [0.3, 0.4) is 0 Å². The Bertz CT molecular complexity index is 1160. The smallest absolute Gasteiger partial charge is 0.314 e. The number of fused-ring (bicyclic) bond motifs is 3. The molecule has 0 aromatic heterocycles. The summed E-state index contributed by atoms with van der Waals surface area (Å²) in [7, 11) is 1.34. The van der Waals surface area contributed by atoms with E-state index in [-0.39, 0.29) is 22.7 Å². The van der Waals surface area contributed by atoms with Crippen LogP contribution in [0.25, 0.3) is 0 Å². The Morgan fingerprint density at radius 1 is 0.848 bits per heavy atom. The molecule has 6 rings (SSSR count). The van der Waals surface area contributed by atoms with Crippen molar-refractivity contribution in [1.29, 1.82) is 0 Å². The van der Waals surface area contributed by atoms with Gasteiger partial charge in [0.2, 0.25) is 6.29 Å². The fourth-order valence-electron chi connectivity index (χ4n) is 10.8. The Labute approximate surface area is 269 Å². The molecule has 0 radical (unpaired) electrons. The van der Waals surface area contributed by atoms with E-state index in [0.717, 1.165) is 44.1 Å². The Balaban J connectivity index is 1.20. The topological polar surface area (TPSA) is 205 Å². The number of carbonyl (C=O) groups excluding carboxylic acids is 1. The predicted molar refractivity (Wildman–Crippen MR) is 159 cm³/mol. The van der Waals surface area contributed by atoms with Crippen molar-refractivity contribution in [2.45, 2.75) is 139 Å². The van der Waals surface area contributed by atoms with E-state index in [2.05, 4.69) is 13.5 Å². The van der Waals surface area contributed by atoms with E-state index >= 15 is 0 Å². The maximum atomic E-state index is 14.0. The molecule has 46 heavy (non-hydrogen) atoms. The zero-order chi connectivity index (χ0) is 33.4. The highest BCUT2D eigenvalue weighted by Crippen LogP contribution is 2.73. The average molecular weight is 657 g/mol. The van der Waals surface area contributed by atoms with Gasteiger partial charge in [0.05, 0.1) is 24.2 Å². The van der Waals surface area contributed by atoms with Crippen molar-refractivity contribution < 1.29 is 64.2 Å². The zero-order valence-corrected chi connectivity index (χ0v) is 27.0. The van der Waals surface area contributed by atoms with E-state index in [0.29, 0.717) is 19.3 Å². The standard InChI is InChI=1S/C33H52O13/c1-16-12-32-10-6-19-30(2,20(32)7-11-33(16,15-32)46-28-24(39)22(37)21(36)17(13-34)43-28)8-5-9-31(19,3)29(41)45-27-25(40)23(38)26(42-4)18(14-35)44-27/h17-28,34-40H,1,5-15H2,2-4H3/t17?,18?,19-,20-,21+,22-,23+,24?,25?,26+,27-,28-,30+,31+,32+,33-/m0/s1. The first-order chi connectivity index (χ1) is 21.7. The predicted octanol–water partition coefficient (Wildman–Crippen LogP) is -0.108. The molecule has 0 amide bonds. The summed E-state index contributed by atoms with van der Waals surface area (Å²) in [6, 6.07) is 0. The van der Waals surface area contributed by atoms with Crippen LogP contribution in [-0.4, -0.2) is 129 Å². The molecular formula is C33H52O13. The molecule has 6 fully saturated rings. The molecule has 4 unspecified atom stereocenters. The Kier molecular flexibility index (Phi) is 9.24. The summed E-state index contributed by atoms with van der Waals surface area (Å²) in [5.41, 5.74) is -1.12. The molecule has 2 aliphatic heterocycles. The molecule has 13 nitrogen and oxygen atoms in total. The second-order valence-electron chi connectivity index (χ2n) is 15.4. The quantitative estimate of drug-likeness (QED) is 0.109. The van der Waals surface area contributed by atoms with Crippen molar-refractivity contribution in [2.24, 2.45) is 28.1 Å². The third-order valence-corrected chi connectivity index (χ3v) is 13.1. The Hall–Kier alpha value is -1.23. The first-order valence-electron chi connectivity index (χ1n) is 16.7. The van der Waals surface area contributed by atoms with E-state index < -0.39 is 91.6 Å². The summed E-state index contributed by atoms with van der Waals surface area (Å²) in [6.07, 6.45) is -6.40. The van der Waals surface area contributed by atoms with Gasteiger partial charge < -0.3 is 59.4 Å². The highest BCUT2D eigenvalue weighted by Gasteiger charge is 2.69. The molecule has 2 heterocycles. The van der Waals surface area contributed by atoms with Gasteiger partial charge in [-0.3, -0.25) is 4.79 Å². The third kappa shape index (κ3) is 5.12. The highest BCUT2D eigenvalue weighted by molar-refractivity contribution is 5.77. The van der Waals surface area contributed by atoms with Gasteiger partial charge >= 0.3 is 5.97 Å². The molecule has 16 atom stereocenters. The number of ether oxygens (including phenoxy) is 5. The first kappa shape index (κ1) is 34.6. The van der Waals surface area contributed by atoms with Crippen molar-refractivity contribution in [2.75, 3.05) is 20.3 Å². The third-order valence-electron chi connectivity index (χ3n) is 13.1. The summed E-state index contributed by atoms with van der Waals surface area (Å²) >= 11 is 0. The fourth-order valence-corrected chi connectivity index (χ4v) is 10.8. The second kappa shape index (κ2) is 12.3. The minimum Gasteiger partial charge on any atom is -0.432 e. The summed E-state index contributed by atoms with van der Waals surface area (Å²) in [5.74, 6) is -0.262. The number of esters is 1. The summed E-state index contributed by atoms with van der Waals surface area (Å²) in [6.45, 7) is 7.62. The van der Waals surface area contributed by atoms with Crippen LogP contribution in [-0.2, 0) is 28.5 Å². The van der Waals surface area contributed by atoms with Crippen molar-refractivity contribution in [1.82, 2.24) is 0 Å². The maximum Gasteiger partial charge on any atom is 0.314 e. The van der Waals surface area contributed by atoms with Gasteiger partial charge in [-0.2, -0.15) is 0 Å². The van der Waals surface area contributed by atoms with E-state index in [9.17, 15) is 40.5 Å². The molecule has 7 N–H and O–H groups in total. The van der Waals surface area contributed by atoms with Crippen LogP contribution in [0.2, 0.25) is 0 Å². The van der Waals surface area contributed by atoms with E-state index in [4.69, 9.17) is 23.7 Å². The SMILES string of the molecule is C=C1C[C@@]23CC[C@H]4[C@@](C)(CCC[C@@]4(C)C(=O)O[C@@H]4OC(CO)[C@@H](OC)[C@H](O)C4O)[C@@H]2CC[C@]1(O[C@@H]1OC(CO)[C@@H](O)[C@H](O)C1O)C3. The van der Waals surface area contributed by atoms with Gasteiger partial charge in [-0.15, -0.1) is 0 Å². The highest BCUT2D eigenvalue weighted by atomic mass is 16.7. The minimum atomic E-state index is -1.54. The lowest BCUT2D eigenvalue weighted by Crippen LogP contribution is -2.63. The molecule has 4 aliphatic carbocycles. The average Bonchev–Trinajstić information content (AvgIpc) is 3.22. The molecule has 2 bridgehead atoms. The van der Waals surface area contributed by atoms with Gasteiger partial charge in [0.15, 0.2) is 6.29 Å². The van der Waals surface area contributed by atoms with Crippen LogP contribution in [0.4, 0.5) is 0 Å². The van der Waals surface area contributed by atoms with E-state index in [1.54, 1.807) is 0 Å². The number of hydrogen-bond acceptors (Lipinski definition) is 13. The van der Waals surface area contributed by atoms with Crippen LogP contribution < -0.4 is 0 Å². The molecule has 6 aliphatic rings. The lowest BCUT2D eigenvalue weighted by Gasteiger charge is -2.64. The van der Waals surface area contributed by atoms with Gasteiger partial charge in [0, 0.05) is 7.11 Å². The number of aliphatic hydroxyl groups is 7. The van der Waals surface area contributed by atoms with Crippen LogP contribution >= 0.6 is 0 Å². The van der Waals surface area contributed by atoms with Gasteiger partial charge in [-0.1, -0.05) is 19.9 Å². The molecular weight excluding hydrogens is 604 g/mol. The van der Waals surface area contributed by atoms with E-state index in [1.165, 1.54) is 7.11 Å². The largest absolute Gasteiger partial charge is 0.432 e. The van der Waals surface area contributed by atoms with Crippen molar-refractivity contribution in [3.05, 3.63) is 12.2 Å². The lowest BCUT2D eigenvalue weighted by molar-refractivity contribution is -0.327. The summed E-state index contributed by atoms with van der Waals surface area (Å²) in [4.78, 5) is 14.0. The summed E-state index contributed by atoms with van der Waals surface area (Å²) in [5, 5.41) is 72.1. The zero-order valence-electron chi connectivity index (χ0n) is 27.0. The Morgan fingerprint density at radius 2 is 1.50 bits per heavy atom. The summed E-state index contributed by atoms with van der Waals surface area (Å²) < 4.78 is 29.0. The number of aliphatic hydroxyl groups excluding tert-OH is 7.